The largest absolute Gasteiger partial charge is 0.492 e. The Balaban J connectivity index is 1.40. The number of hydrogen-bond donors (Lipinski definition) is 1. The number of hydrogen-bond acceptors (Lipinski definition) is 4. The summed E-state index contributed by atoms with van der Waals surface area (Å²) in [6, 6.07) is 8.77. The van der Waals surface area contributed by atoms with Crippen LogP contribution < -0.4 is 10.1 Å². The van der Waals surface area contributed by atoms with E-state index in [4.69, 9.17) is 4.74 Å². The number of rotatable bonds is 6. The molecule has 4 rings (SSSR count). The van der Waals surface area contributed by atoms with Crippen LogP contribution in [-0.2, 0) is 0 Å². The third-order valence-electron chi connectivity index (χ3n) is 5.18. The zero-order valence-electron chi connectivity index (χ0n) is 15.7. The monoisotopic (exact) mass is 345 g/mol. The van der Waals surface area contributed by atoms with Crippen molar-refractivity contribution in [1.29, 1.82) is 0 Å². The summed E-state index contributed by atoms with van der Waals surface area (Å²) in [5.41, 5.74) is 1.25. The molecular weight excluding hydrogens is 314 g/mol. The second-order valence-corrected chi connectivity index (χ2v) is 7.00. The van der Waals surface area contributed by atoms with E-state index in [2.05, 4.69) is 51.1 Å². The van der Waals surface area contributed by atoms with Gasteiger partial charge in [0.05, 0.1) is 6.54 Å². The molecule has 6 heteroatoms. The molecule has 3 aliphatic rings. The first kappa shape index (κ1) is 18.0. The summed E-state index contributed by atoms with van der Waals surface area (Å²) in [4.78, 5) is 11.7. The lowest BCUT2D eigenvalue weighted by molar-refractivity contribution is 0.0152. The van der Waals surface area contributed by atoms with E-state index in [1.54, 1.807) is 0 Å². The van der Waals surface area contributed by atoms with Crippen LogP contribution >= 0.6 is 0 Å². The second kappa shape index (κ2) is 8.54. The number of benzene rings is 1. The molecule has 25 heavy (non-hydrogen) atoms. The lowest BCUT2D eigenvalue weighted by Crippen LogP contribution is -2.63. The minimum atomic E-state index is 0.594. The van der Waals surface area contributed by atoms with Gasteiger partial charge >= 0.3 is 0 Å². The molecule has 3 saturated heterocycles. The van der Waals surface area contributed by atoms with Gasteiger partial charge < -0.3 is 15.0 Å². The number of aliphatic imine (C=N–C) groups is 1. The molecule has 1 aromatic rings. The highest BCUT2D eigenvalue weighted by Gasteiger charge is 2.31. The molecule has 0 spiro atoms. The van der Waals surface area contributed by atoms with Crippen molar-refractivity contribution in [1.82, 2.24) is 20.0 Å². The molecule has 0 radical (unpaired) electrons. The quantitative estimate of drug-likeness (QED) is 0.612. The van der Waals surface area contributed by atoms with E-state index in [1.165, 1.54) is 38.3 Å². The highest BCUT2D eigenvalue weighted by atomic mass is 16.5. The molecule has 0 amide bonds. The molecule has 2 bridgehead atoms. The Bertz CT molecular complexity index is 566. The van der Waals surface area contributed by atoms with Crippen molar-refractivity contribution in [3.05, 3.63) is 29.8 Å². The molecule has 1 aromatic carbocycles. The van der Waals surface area contributed by atoms with Gasteiger partial charge in [-0.05, 0) is 19.1 Å². The molecule has 0 aromatic heterocycles. The molecule has 6 nitrogen and oxygen atoms in total. The number of nitrogens with zero attached hydrogens (tertiary/aromatic N) is 4. The SMILES string of the molecule is CN=C(NCC1CN2CCN1CC2)N(C)CCOc1ccc(C)cc1. The molecule has 1 N–H and O–H groups in total. The molecule has 3 heterocycles. The first-order valence-electron chi connectivity index (χ1n) is 9.23. The van der Waals surface area contributed by atoms with Crippen LogP contribution in [0.1, 0.15) is 5.56 Å². The van der Waals surface area contributed by atoms with Gasteiger partial charge in [0.25, 0.3) is 0 Å². The molecular formula is C19H31N5O. The summed E-state index contributed by atoms with van der Waals surface area (Å²) in [6.07, 6.45) is 0. The van der Waals surface area contributed by atoms with E-state index in [-0.39, 0.29) is 0 Å². The fraction of sp³-hybridized carbons (Fsp3) is 0.632. The van der Waals surface area contributed by atoms with Gasteiger partial charge in [-0.2, -0.15) is 0 Å². The Kier molecular flexibility index (Phi) is 6.15. The van der Waals surface area contributed by atoms with Crippen molar-refractivity contribution < 1.29 is 4.74 Å². The summed E-state index contributed by atoms with van der Waals surface area (Å²) in [5, 5.41) is 3.53. The average molecular weight is 345 g/mol. The molecule has 3 aliphatic heterocycles. The van der Waals surface area contributed by atoms with Gasteiger partial charge in [-0.25, -0.2) is 0 Å². The molecule has 1 unspecified atom stereocenters. The number of guanidine groups is 1. The third-order valence-corrected chi connectivity index (χ3v) is 5.18. The van der Waals surface area contributed by atoms with Crippen molar-refractivity contribution in [3.8, 4) is 5.75 Å². The van der Waals surface area contributed by atoms with Crippen LogP contribution in [0.4, 0.5) is 0 Å². The molecule has 0 aliphatic carbocycles. The highest BCUT2D eigenvalue weighted by Crippen LogP contribution is 2.15. The third kappa shape index (κ3) is 4.86. The Hall–Kier alpha value is -1.79. The first-order chi connectivity index (χ1) is 12.2. The maximum atomic E-state index is 5.82. The van der Waals surface area contributed by atoms with Crippen LogP contribution in [0.15, 0.2) is 29.3 Å². The van der Waals surface area contributed by atoms with E-state index in [1.807, 2.05) is 19.2 Å². The van der Waals surface area contributed by atoms with Gasteiger partial charge in [0.15, 0.2) is 5.96 Å². The van der Waals surface area contributed by atoms with Gasteiger partial charge in [0, 0.05) is 59.4 Å². The molecule has 1 atom stereocenters. The van der Waals surface area contributed by atoms with Gasteiger partial charge in [0.2, 0.25) is 0 Å². The van der Waals surface area contributed by atoms with Crippen LogP contribution in [0, 0.1) is 6.92 Å². The zero-order chi connectivity index (χ0) is 17.6. The predicted molar refractivity (Wildman–Crippen MR) is 102 cm³/mol. The van der Waals surface area contributed by atoms with Crippen LogP contribution in [0.2, 0.25) is 0 Å². The van der Waals surface area contributed by atoms with E-state index in [0.717, 1.165) is 24.8 Å². The number of piperazine rings is 3. The van der Waals surface area contributed by atoms with Gasteiger partial charge in [0.1, 0.15) is 12.4 Å². The first-order valence-corrected chi connectivity index (χ1v) is 9.23. The molecule has 0 saturated carbocycles. The van der Waals surface area contributed by atoms with Crippen LogP contribution in [0.25, 0.3) is 0 Å². The summed E-state index contributed by atoms with van der Waals surface area (Å²) < 4.78 is 5.82. The van der Waals surface area contributed by atoms with Crippen LogP contribution in [0.3, 0.4) is 0 Å². The number of aryl methyl sites for hydroxylation is 1. The normalized spacial score (nSPS) is 25.7. The Morgan fingerprint density at radius 3 is 2.56 bits per heavy atom. The topological polar surface area (TPSA) is 43.3 Å². The highest BCUT2D eigenvalue weighted by molar-refractivity contribution is 5.79. The van der Waals surface area contributed by atoms with Crippen LogP contribution in [0.5, 0.6) is 5.75 Å². The minimum absolute atomic E-state index is 0.594. The summed E-state index contributed by atoms with van der Waals surface area (Å²) in [6.45, 7) is 10.5. The lowest BCUT2D eigenvalue weighted by Gasteiger charge is -2.47. The fourth-order valence-corrected chi connectivity index (χ4v) is 3.55. The van der Waals surface area contributed by atoms with Crippen molar-refractivity contribution in [2.75, 3.05) is 66.5 Å². The molecule has 3 fully saturated rings. The second-order valence-electron chi connectivity index (χ2n) is 7.00. The van der Waals surface area contributed by atoms with E-state index in [9.17, 15) is 0 Å². The van der Waals surface area contributed by atoms with Gasteiger partial charge in [-0.3, -0.25) is 14.8 Å². The average Bonchev–Trinajstić information content (AvgIpc) is 2.65. The number of likely N-dealkylation sites (N-methyl/N-ethyl adjacent to an activating group) is 1. The summed E-state index contributed by atoms with van der Waals surface area (Å²) >= 11 is 0. The van der Waals surface area contributed by atoms with Crippen LogP contribution in [-0.4, -0.2) is 93.2 Å². The van der Waals surface area contributed by atoms with E-state index in [0.29, 0.717) is 12.6 Å². The number of nitrogens with one attached hydrogen (secondary N) is 1. The Labute approximate surface area is 151 Å². The zero-order valence-corrected chi connectivity index (χ0v) is 15.7. The summed E-state index contributed by atoms with van der Waals surface area (Å²) in [7, 11) is 3.90. The maximum Gasteiger partial charge on any atom is 0.193 e. The Morgan fingerprint density at radius 1 is 1.24 bits per heavy atom. The maximum absolute atomic E-state index is 5.82. The molecule has 138 valence electrons. The van der Waals surface area contributed by atoms with Crippen molar-refractivity contribution in [2.45, 2.75) is 13.0 Å². The van der Waals surface area contributed by atoms with Gasteiger partial charge in [-0.15, -0.1) is 0 Å². The number of fused-ring (bicyclic) bond motifs is 3. The standard InChI is InChI=1S/C19H31N5O/c1-16-4-6-18(7-5-16)25-13-12-22(3)19(20-2)21-14-17-15-23-8-10-24(17)11-9-23/h4-7,17H,8-15H2,1-3H3,(H,20,21). The predicted octanol–water partition coefficient (Wildman–Crippen LogP) is 0.881. The summed E-state index contributed by atoms with van der Waals surface area (Å²) in [5.74, 6) is 1.85. The lowest BCUT2D eigenvalue weighted by atomic mass is 10.1. The number of ether oxygens (including phenoxy) is 1. The Morgan fingerprint density at radius 2 is 1.96 bits per heavy atom. The van der Waals surface area contributed by atoms with Crippen molar-refractivity contribution in [3.63, 3.8) is 0 Å². The van der Waals surface area contributed by atoms with E-state index < -0.39 is 0 Å². The minimum Gasteiger partial charge on any atom is -0.492 e. The van der Waals surface area contributed by atoms with Crippen molar-refractivity contribution >= 4 is 5.96 Å². The van der Waals surface area contributed by atoms with Gasteiger partial charge in [-0.1, -0.05) is 17.7 Å². The van der Waals surface area contributed by atoms with E-state index >= 15 is 0 Å². The van der Waals surface area contributed by atoms with Crippen molar-refractivity contribution in [2.24, 2.45) is 4.99 Å². The smallest absolute Gasteiger partial charge is 0.193 e. The fourth-order valence-electron chi connectivity index (χ4n) is 3.55.